The lowest BCUT2D eigenvalue weighted by Crippen LogP contribution is -2.27. The number of rotatable bonds is 7. The second-order valence-electron chi connectivity index (χ2n) is 4.60. The van der Waals surface area contributed by atoms with Crippen molar-refractivity contribution in [1.82, 2.24) is 4.72 Å². The van der Waals surface area contributed by atoms with Crippen LogP contribution in [0.4, 0.5) is 5.69 Å². The van der Waals surface area contributed by atoms with Crippen molar-refractivity contribution < 1.29 is 17.9 Å². The van der Waals surface area contributed by atoms with Gasteiger partial charge in [-0.2, -0.15) is 0 Å². The average Bonchev–Trinajstić information content (AvgIpc) is 2.95. The van der Waals surface area contributed by atoms with Crippen molar-refractivity contribution in [2.75, 3.05) is 19.0 Å². The number of amides is 1. The molecule has 1 aromatic heterocycles. The zero-order valence-electron chi connectivity index (χ0n) is 12.5. The third-order valence-electron chi connectivity index (χ3n) is 2.89. The van der Waals surface area contributed by atoms with Crippen molar-refractivity contribution in [3.8, 4) is 5.75 Å². The highest BCUT2D eigenvalue weighted by molar-refractivity contribution is 9.11. The van der Waals surface area contributed by atoms with E-state index in [-0.39, 0.29) is 23.1 Å². The van der Waals surface area contributed by atoms with E-state index < -0.39 is 10.0 Å². The van der Waals surface area contributed by atoms with Gasteiger partial charge in [0.25, 0.3) is 0 Å². The monoisotopic (exact) mass is 452 g/mol. The van der Waals surface area contributed by atoms with Gasteiger partial charge in [0.2, 0.25) is 15.9 Å². The smallest absolute Gasteiger partial charge is 0.250 e. The van der Waals surface area contributed by atoms with Gasteiger partial charge in [-0.25, -0.2) is 13.1 Å². The fraction of sp³-hybridized carbons (Fsp3) is 0.214. The molecule has 6 nitrogen and oxygen atoms in total. The van der Waals surface area contributed by atoms with Crippen molar-refractivity contribution in [2.45, 2.75) is 10.6 Å². The molecule has 0 radical (unpaired) electrons. The average molecular weight is 454 g/mol. The summed E-state index contributed by atoms with van der Waals surface area (Å²) in [6.07, 6.45) is -0.00454. The normalized spacial score (nSPS) is 11.3. The summed E-state index contributed by atoms with van der Waals surface area (Å²) in [7, 11) is -2.11. The van der Waals surface area contributed by atoms with Crippen LogP contribution in [0, 0.1) is 0 Å². The molecule has 0 aliphatic carbocycles. The van der Waals surface area contributed by atoms with E-state index in [4.69, 9.17) is 16.3 Å². The molecule has 1 aromatic carbocycles. The summed E-state index contributed by atoms with van der Waals surface area (Å²) in [4.78, 5) is 11.9. The number of hydrogen-bond donors (Lipinski definition) is 2. The molecular formula is C14H14BrClN2O4S2. The van der Waals surface area contributed by atoms with Gasteiger partial charge in [0.1, 0.15) is 9.96 Å². The summed E-state index contributed by atoms with van der Waals surface area (Å²) >= 11 is 10.3. The number of anilines is 1. The number of halogens is 2. The molecule has 24 heavy (non-hydrogen) atoms. The minimum Gasteiger partial charge on any atom is -0.495 e. The molecule has 0 aliphatic rings. The molecule has 1 heterocycles. The van der Waals surface area contributed by atoms with E-state index in [1.54, 1.807) is 24.3 Å². The van der Waals surface area contributed by atoms with Crippen LogP contribution >= 0.6 is 38.9 Å². The Morgan fingerprint density at radius 2 is 2.08 bits per heavy atom. The fourth-order valence-corrected chi connectivity index (χ4v) is 5.12. The number of methoxy groups -OCH3 is 1. The van der Waals surface area contributed by atoms with Crippen LogP contribution in [0.2, 0.25) is 5.02 Å². The van der Waals surface area contributed by atoms with Crippen LogP contribution in [0.15, 0.2) is 38.3 Å². The maximum Gasteiger partial charge on any atom is 0.250 e. The molecule has 0 saturated heterocycles. The minimum atomic E-state index is -3.60. The first-order valence-electron chi connectivity index (χ1n) is 6.70. The van der Waals surface area contributed by atoms with Gasteiger partial charge in [-0.3, -0.25) is 4.79 Å². The van der Waals surface area contributed by atoms with Crippen LogP contribution in [0.1, 0.15) is 6.42 Å². The van der Waals surface area contributed by atoms with Crippen LogP contribution in [-0.2, 0) is 14.8 Å². The Morgan fingerprint density at radius 1 is 1.33 bits per heavy atom. The molecule has 0 fully saturated rings. The number of carbonyl (C=O) groups is 1. The van der Waals surface area contributed by atoms with Crippen LogP contribution in [0.5, 0.6) is 5.75 Å². The SMILES string of the molecule is COc1ccc(NC(=O)CCNS(=O)(=O)c2ccc(Br)s2)cc1Cl. The van der Waals surface area contributed by atoms with E-state index in [2.05, 4.69) is 26.0 Å². The summed E-state index contributed by atoms with van der Waals surface area (Å²) in [6.45, 7) is -0.00638. The molecule has 0 bridgehead atoms. The second-order valence-corrected chi connectivity index (χ2v) is 9.47. The Hall–Kier alpha value is -1.13. The maximum atomic E-state index is 12.0. The number of carbonyl (C=O) groups excluding carboxylic acids is 1. The molecule has 2 rings (SSSR count). The van der Waals surface area contributed by atoms with Crippen LogP contribution < -0.4 is 14.8 Å². The standard InChI is InChI=1S/C14H14BrClN2O4S2/c1-22-11-3-2-9(8-10(11)16)18-13(19)6-7-17-24(20,21)14-5-4-12(15)23-14/h2-5,8,17H,6-7H2,1H3,(H,18,19). The summed E-state index contributed by atoms with van der Waals surface area (Å²) in [5.74, 6) is 0.177. The van der Waals surface area contributed by atoms with E-state index in [9.17, 15) is 13.2 Å². The summed E-state index contributed by atoms with van der Waals surface area (Å²) in [5, 5.41) is 3.02. The minimum absolute atomic E-state index is 0.00454. The topological polar surface area (TPSA) is 84.5 Å². The number of sulfonamides is 1. The predicted octanol–water partition coefficient (Wildman–Crippen LogP) is 3.48. The lowest BCUT2D eigenvalue weighted by molar-refractivity contribution is -0.116. The molecule has 2 N–H and O–H groups in total. The van der Waals surface area contributed by atoms with E-state index >= 15 is 0 Å². The number of benzene rings is 1. The highest BCUT2D eigenvalue weighted by atomic mass is 79.9. The van der Waals surface area contributed by atoms with Gasteiger partial charge in [0.05, 0.1) is 15.9 Å². The molecule has 1 amide bonds. The van der Waals surface area contributed by atoms with E-state index in [0.29, 0.717) is 16.5 Å². The number of hydrogen-bond acceptors (Lipinski definition) is 5. The zero-order chi connectivity index (χ0) is 17.7. The third-order valence-corrected chi connectivity index (χ3v) is 6.76. The fourth-order valence-electron chi connectivity index (χ4n) is 1.78. The highest BCUT2D eigenvalue weighted by Gasteiger charge is 2.16. The molecule has 0 saturated carbocycles. The van der Waals surface area contributed by atoms with E-state index in [0.717, 1.165) is 15.1 Å². The second kappa shape index (κ2) is 8.30. The van der Waals surface area contributed by atoms with Crippen LogP contribution in [-0.4, -0.2) is 28.0 Å². The van der Waals surface area contributed by atoms with Crippen molar-refractivity contribution in [3.63, 3.8) is 0 Å². The molecule has 130 valence electrons. The molecule has 0 aliphatic heterocycles. The zero-order valence-corrected chi connectivity index (χ0v) is 16.5. The lowest BCUT2D eigenvalue weighted by Gasteiger charge is -2.08. The number of nitrogens with one attached hydrogen (secondary N) is 2. The van der Waals surface area contributed by atoms with E-state index in [1.165, 1.54) is 13.2 Å². The Morgan fingerprint density at radius 3 is 2.67 bits per heavy atom. The highest BCUT2D eigenvalue weighted by Crippen LogP contribution is 2.27. The van der Waals surface area contributed by atoms with Gasteiger partial charge >= 0.3 is 0 Å². The van der Waals surface area contributed by atoms with Gasteiger partial charge in [0.15, 0.2) is 0 Å². The summed E-state index contributed by atoms with van der Waals surface area (Å²) < 4.78 is 32.4. The quantitative estimate of drug-likeness (QED) is 0.672. The Bertz CT molecular complexity index is 839. The first kappa shape index (κ1) is 19.2. The molecule has 10 heteroatoms. The predicted molar refractivity (Wildman–Crippen MR) is 98.5 cm³/mol. The van der Waals surface area contributed by atoms with Gasteiger partial charge < -0.3 is 10.1 Å². The van der Waals surface area contributed by atoms with E-state index in [1.807, 2.05) is 0 Å². The Labute approximate surface area is 157 Å². The number of thiophene rings is 1. The van der Waals surface area contributed by atoms with Crippen molar-refractivity contribution in [1.29, 1.82) is 0 Å². The van der Waals surface area contributed by atoms with Crippen LogP contribution in [0.25, 0.3) is 0 Å². The first-order valence-corrected chi connectivity index (χ1v) is 10.2. The molecule has 0 unspecified atom stereocenters. The maximum absolute atomic E-state index is 12.0. The lowest BCUT2D eigenvalue weighted by atomic mass is 10.3. The third kappa shape index (κ3) is 5.18. The van der Waals surface area contributed by atoms with Crippen molar-refractivity contribution in [2.24, 2.45) is 0 Å². The van der Waals surface area contributed by atoms with Crippen molar-refractivity contribution in [3.05, 3.63) is 39.1 Å². The van der Waals surface area contributed by atoms with Gasteiger partial charge in [-0.1, -0.05) is 11.6 Å². The molecule has 0 spiro atoms. The first-order chi connectivity index (χ1) is 11.3. The van der Waals surface area contributed by atoms with Crippen molar-refractivity contribution >= 4 is 60.5 Å². The largest absolute Gasteiger partial charge is 0.495 e. The number of ether oxygens (including phenoxy) is 1. The molecular weight excluding hydrogens is 440 g/mol. The van der Waals surface area contributed by atoms with Gasteiger partial charge in [-0.05, 0) is 46.3 Å². The molecule has 2 aromatic rings. The Kier molecular flexibility index (Phi) is 6.64. The summed E-state index contributed by atoms with van der Waals surface area (Å²) in [5.41, 5.74) is 0.510. The van der Waals surface area contributed by atoms with Crippen LogP contribution in [0.3, 0.4) is 0 Å². The van der Waals surface area contributed by atoms with Gasteiger partial charge in [-0.15, -0.1) is 11.3 Å². The van der Waals surface area contributed by atoms with Gasteiger partial charge in [0, 0.05) is 18.7 Å². The molecule has 0 atom stereocenters. The summed E-state index contributed by atoms with van der Waals surface area (Å²) in [6, 6.07) is 7.99. The Balaban J connectivity index is 1.86.